The van der Waals surface area contributed by atoms with Crippen LogP contribution in [-0.2, 0) is 24.3 Å². The van der Waals surface area contributed by atoms with Gasteiger partial charge in [0.15, 0.2) is 6.10 Å². The topological polar surface area (TPSA) is 131 Å². The van der Waals surface area contributed by atoms with Gasteiger partial charge in [-0.05, 0) is 46.8 Å². The molecule has 9 nitrogen and oxygen atoms in total. The number of carbonyl (C=O) groups excluding carboxylic acids is 3. The molecule has 0 aliphatic heterocycles. The summed E-state index contributed by atoms with van der Waals surface area (Å²) in [5, 5.41) is 4.48. The first-order valence-corrected chi connectivity index (χ1v) is 9.81. The lowest BCUT2D eigenvalue weighted by Gasteiger charge is -2.18. The van der Waals surface area contributed by atoms with Crippen molar-refractivity contribution in [1.82, 2.24) is 15.4 Å². The van der Waals surface area contributed by atoms with E-state index in [4.69, 9.17) is 4.74 Å². The predicted octanol–water partition coefficient (Wildman–Crippen LogP) is 0.828. The molecule has 0 saturated heterocycles. The zero-order valence-corrected chi connectivity index (χ0v) is 16.7. The Morgan fingerprint density at radius 3 is 2.07 bits per heavy atom. The molecule has 0 aromatic heterocycles. The van der Waals surface area contributed by atoms with Crippen molar-refractivity contribution in [3.05, 3.63) is 29.8 Å². The highest BCUT2D eigenvalue weighted by Gasteiger charge is 2.27. The van der Waals surface area contributed by atoms with Crippen LogP contribution in [0.1, 0.15) is 33.3 Å². The number of hydrogen-bond acceptors (Lipinski definition) is 6. The largest absolute Gasteiger partial charge is 0.451 e. The van der Waals surface area contributed by atoms with Crippen LogP contribution < -0.4 is 15.4 Å². The first kappa shape index (κ1) is 22.6. The lowest BCUT2D eigenvalue weighted by Crippen LogP contribution is -2.48. The maximum atomic E-state index is 12.3. The molecular formula is C17H25N3O6S. The maximum absolute atomic E-state index is 12.3. The third-order valence-corrected chi connectivity index (χ3v) is 4.89. The molecule has 3 N–H and O–H groups in total. The summed E-state index contributed by atoms with van der Waals surface area (Å²) in [5.74, 6) is -1.77. The van der Waals surface area contributed by atoms with Gasteiger partial charge in [0.25, 0.3) is 5.91 Å². The van der Waals surface area contributed by atoms with Crippen LogP contribution in [0.3, 0.4) is 0 Å². The number of ether oxygens (including phenoxy) is 1. The molecule has 0 saturated carbocycles. The highest BCUT2D eigenvalue weighted by molar-refractivity contribution is 7.89. The summed E-state index contributed by atoms with van der Waals surface area (Å²) < 4.78 is 31.7. The number of benzene rings is 1. The Labute approximate surface area is 158 Å². The van der Waals surface area contributed by atoms with Gasteiger partial charge in [-0.25, -0.2) is 13.2 Å². The zero-order chi connectivity index (χ0) is 20.8. The van der Waals surface area contributed by atoms with Gasteiger partial charge in [0.05, 0.1) is 4.90 Å². The Morgan fingerprint density at radius 2 is 1.56 bits per heavy atom. The van der Waals surface area contributed by atoms with Crippen molar-refractivity contribution >= 4 is 27.9 Å². The smallest absolute Gasteiger partial charge is 0.324 e. The molecule has 1 aromatic rings. The number of imide groups is 1. The summed E-state index contributed by atoms with van der Waals surface area (Å²) in [6, 6.07) is 3.98. The van der Waals surface area contributed by atoms with Crippen LogP contribution in [-0.4, -0.2) is 44.5 Å². The summed E-state index contributed by atoms with van der Waals surface area (Å²) in [6.45, 7) is 7.82. The van der Waals surface area contributed by atoms with Gasteiger partial charge in [-0.15, -0.1) is 0 Å². The highest BCUT2D eigenvalue weighted by Crippen LogP contribution is 2.11. The van der Waals surface area contributed by atoms with Gasteiger partial charge in [0.2, 0.25) is 10.0 Å². The van der Waals surface area contributed by atoms with Gasteiger partial charge in [-0.3, -0.25) is 14.9 Å². The first-order chi connectivity index (χ1) is 12.4. The molecule has 150 valence electrons. The van der Waals surface area contributed by atoms with E-state index in [-0.39, 0.29) is 10.9 Å². The fraction of sp³-hybridized carbons (Fsp3) is 0.471. The van der Waals surface area contributed by atoms with Crippen molar-refractivity contribution in [2.75, 3.05) is 0 Å². The molecule has 1 aromatic carbocycles. The first-order valence-electron chi connectivity index (χ1n) is 8.33. The van der Waals surface area contributed by atoms with Gasteiger partial charge < -0.3 is 10.1 Å². The number of nitrogens with one attached hydrogen (secondary N) is 3. The minimum Gasteiger partial charge on any atom is -0.451 e. The van der Waals surface area contributed by atoms with Crippen LogP contribution in [0.2, 0.25) is 0 Å². The van der Waals surface area contributed by atoms with E-state index in [0.717, 1.165) is 5.56 Å². The van der Waals surface area contributed by atoms with Crippen molar-refractivity contribution in [2.45, 2.75) is 57.7 Å². The Balaban J connectivity index is 2.64. The van der Waals surface area contributed by atoms with Gasteiger partial charge in [-0.2, -0.15) is 4.72 Å². The quantitative estimate of drug-likeness (QED) is 0.582. The SMILES string of the molecule is Cc1ccc(S(=O)(=O)N[C@@H](C)C(=O)O[C@H](C)C(=O)NC(=O)NC(C)C)cc1. The molecule has 0 bridgehead atoms. The van der Waals surface area contributed by atoms with Crippen molar-refractivity contribution in [3.63, 3.8) is 0 Å². The summed E-state index contributed by atoms with van der Waals surface area (Å²) in [4.78, 5) is 35.4. The molecular weight excluding hydrogens is 374 g/mol. The summed E-state index contributed by atoms with van der Waals surface area (Å²) in [7, 11) is -3.93. The Hall–Kier alpha value is -2.46. The predicted molar refractivity (Wildman–Crippen MR) is 98.3 cm³/mol. The Morgan fingerprint density at radius 1 is 1.00 bits per heavy atom. The zero-order valence-electron chi connectivity index (χ0n) is 15.9. The van der Waals surface area contributed by atoms with Crippen LogP contribution in [0.25, 0.3) is 0 Å². The van der Waals surface area contributed by atoms with Crippen molar-refractivity contribution in [2.24, 2.45) is 0 Å². The van der Waals surface area contributed by atoms with E-state index < -0.39 is 40.1 Å². The average molecular weight is 399 g/mol. The molecule has 10 heteroatoms. The van der Waals surface area contributed by atoms with Gasteiger partial charge in [0, 0.05) is 6.04 Å². The third-order valence-electron chi connectivity index (χ3n) is 3.34. The molecule has 0 unspecified atom stereocenters. The fourth-order valence-electron chi connectivity index (χ4n) is 1.91. The highest BCUT2D eigenvalue weighted by atomic mass is 32.2. The summed E-state index contributed by atoms with van der Waals surface area (Å²) >= 11 is 0. The fourth-order valence-corrected chi connectivity index (χ4v) is 3.10. The van der Waals surface area contributed by atoms with Crippen LogP contribution >= 0.6 is 0 Å². The summed E-state index contributed by atoms with van der Waals surface area (Å²) in [6.07, 6.45) is -1.28. The van der Waals surface area contributed by atoms with Crippen molar-refractivity contribution in [3.8, 4) is 0 Å². The molecule has 0 heterocycles. The van der Waals surface area contributed by atoms with E-state index in [1.165, 1.54) is 26.0 Å². The van der Waals surface area contributed by atoms with Crippen LogP contribution in [0.5, 0.6) is 0 Å². The van der Waals surface area contributed by atoms with E-state index in [1.54, 1.807) is 26.0 Å². The van der Waals surface area contributed by atoms with Crippen molar-refractivity contribution in [1.29, 1.82) is 0 Å². The second-order valence-electron chi connectivity index (χ2n) is 6.35. The van der Waals surface area contributed by atoms with E-state index in [1.807, 2.05) is 12.2 Å². The Bertz CT molecular complexity index is 789. The van der Waals surface area contributed by atoms with Gasteiger partial charge in [-0.1, -0.05) is 17.7 Å². The maximum Gasteiger partial charge on any atom is 0.324 e. The Kier molecular flexibility index (Phi) is 7.92. The minimum atomic E-state index is -3.93. The lowest BCUT2D eigenvalue weighted by molar-refractivity contribution is -0.155. The number of hydrogen-bond donors (Lipinski definition) is 3. The van der Waals surface area contributed by atoms with Gasteiger partial charge >= 0.3 is 12.0 Å². The minimum absolute atomic E-state index is 0.00361. The lowest BCUT2D eigenvalue weighted by atomic mass is 10.2. The monoisotopic (exact) mass is 399 g/mol. The van der Waals surface area contributed by atoms with E-state index in [2.05, 4.69) is 10.0 Å². The molecule has 27 heavy (non-hydrogen) atoms. The molecule has 0 radical (unpaired) electrons. The van der Waals surface area contributed by atoms with Gasteiger partial charge in [0.1, 0.15) is 6.04 Å². The number of sulfonamides is 1. The second kappa shape index (κ2) is 9.47. The molecule has 0 fully saturated rings. The standard InChI is InChI=1S/C17H25N3O6S/c1-10(2)18-17(23)19-15(21)13(5)26-16(22)12(4)20-27(24,25)14-8-6-11(3)7-9-14/h6-10,12-13,20H,1-5H3,(H2,18,19,21,23)/t12-,13+/m0/s1. The van der Waals surface area contributed by atoms with E-state index in [9.17, 15) is 22.8 Å². The number of amides is 3. The number of urea groups is 1. The molecule has 0 aliphatic carbocycles. The van der Waals surface area contributed by atoms with Crippen LogP contribution in [0.15, 0.2) is 29.2 Å². The van der Waals surface area contributed by atoms with E-state index >= 15 is 0 Å². The molecule has 0 spiro atoms. The molecule has 1 rings (SSSR count). The number of aryl methyl sites for hydroxylation is 1. The van der Waals surface area contributed by atoms with Crippen molar-refractivity contribution < 1.29 is 27.5 Å². The second-order valence-corrected chi connectivity index (χ2v) is 8.07. The average Bonchev–Trinajstić information content (AvgIpc) is 2.53. The molecule has 3 amide bonds. The third kappa shape index (κ3) is 7.35. The summed E-state index contributed by atoms with van der Waals surface area (Å²) in [5.41, 5.74) is 0.891. The molecule has 0 aliphatic rings. The normalized spacial score (nSPS) is 13.6. The number of carbonyl (C=O) groups is 3. The number of rotatable bonds is 7. The van der Waals surface area contributed by atoms with Crippen LogP contribution in [0.4, 0.5) is 4.79 Å². The van der Waals surface area contributed by atoms with Crippen LogP contribution in [0, 0.1) is 6.92 Å². The van der Waals surface area contributed by atoms with E-state index in [0.29, 0.717) is 0 Å². The molecule has 2 atom stereocenters. The number of esters is 1.